The summed E-state index contributed by atoms with van der Waals surface area (Å²) in [5, 5.41) is 8.69. The molecule has 0 atom stereocenters. The quantitative estimate of drug-likeness (QED) is 0.647. The summed E-state index contributed by atoms with van der Waals surface area (Å²) in [6.07, 6.45) is 0. The molecule has 7 nitrogen and oxygen atoms in total. The van der Waals surface area contributed by atoms with Gasteiger partial charge in [0.15, 0.2) is 11.0 Å². The van der Waals surface area contributed by atoms with Crippen LogP contribution < -0.4 is 20.7 Å². The van der Waals surface area contributed by atoms with E-state index in [1.165, 1.54) is 0 Å². The zero-order valence-corrected chi connectivity index (χ0v) is 16.8. The average molecular weight is 404 g/mol. The van der Waals surface area contributed by atoms with Crippen LogP contribution in [0.1, 0.15) is 0 Å². The van der Waals surface area contributed by atoms with E-state index in [9.17, 15) is 4.57 Å². The maximum atomic E-state index is 12.5. The molecule has 0 saturated heterocycles. The molecular weight excluding hydrogens is 385 g/mol. The molecule has 27 heavy (non-hydrogen) atoms. The molecule has 0 spiro atoms. The van der Waals surface area contributed by atoms with Gasteiger partial charge in [0.2, 0.25) is 0 Å². The summed E-state index contributed by atoms with van der Waals surface area (Å²) in [5.41, 5.74) is 7.26. The van der Waals surface area contributed by atoms with Gasteiger partial charge in [-0.3, -0.25) is 4.90 Å². The normalized spacial score (nSPS) is 11.3. The topological polar surface area (TPSA) is 94.2 Å². The Hall–Kier alpha value is -2.63. The summed E-state index contributed by atoms with van der Waals surface area (Å²) < 4.78 is 18.0. The fourth-order valence-corrected chi connectivity index (χ4v) is 3.48. The number of methoxy groups -OCH3 is 1. The predicted octanol–water partition coefficient (Wildman–Crippen LogP) is 3.83. The van der Waals surface area contributed by atoms with Crippen LogP contribution in [0, 0.1) is 0 Å². The van der Waals surface area contributed by atoms with Crippen molar-refractivity contribution in [2.24, 2.45) is 0 Å². The first-order valence-electron chi connectivity index (χ1n) is 8.05. The minimum atomic E-state index is -2.45. The second-order valence-corrected chi connectivity index (χ2v) is 9.74. The Balaban J connectivity index is 2.22. The second kappa shape index (κ2) is 7.55. The molecule has 0 aliphatic heterocycles. The number of anilines is 4. The van der Waals surface area contributed by atoms with Crippen molar-refractivity contribution in [3.8, 4) is 5.75 Å². The van der Waals surface area contributed by atoms with E-state index < -0.39 is 7.14 Å². The van der Waals surface area contributed by atoms with Crippen LogP contribution >= 0.6 is 18.7 Å². The zero-order chi connectivity index (χ0) is 19.6. The van der Waals surface area contributed by atoms with Gasteiger partial charge in [-0.25, -0.2) is 0 Å². The fourth-order valence-electron chi connectivity index (χ4n) is 2.54. The van der Waals surface area contributed by atoms with E-state index >= 15 is 0 Å². The maximum Gasteiger partial charge on any atom is 0.256 e. The number of rotatable bonds is 5. The number of nitrogen functional groups attached to an aromatic ring is 1. The van der Waals surface area contributed by atoms with Crippen LogP contribution in [0.25, 0.3) is 0 Å². The molecule has 0 saturated carbocycles. The van der Waals surface area contributed by atoms with Gasteiger partial charge in [-0.15, -0.1) is 10.2 Å². The largest absolute Gasteiger partial charge is 0.495 e. The fraction of sp³-hybridized carbons (Fsp3) is 0.167. The molecule has 0 fully saturated rings. The highest BCUT2D eigenvalue weighted by Crippen LogP contribution is 2.42. The third-order valence-corrected chi connectivity index (χ3v) is 5.69. The van der Waals surface area contributed by atoms with Crippen molar-refractivity contribution < 1.29 is 9.30 Å². The average Bonchev–Trinajstić information content (AvgIpc) is 2.65. The van der Waals surface area contributed by atoms with Crippen molar-refractivity contribution in [1.29, 1.82) is 0 Å². The Morgan fingerprint density at radius 2 is 1.81 bits per heavy atom. The van der Waals surface area contributed by atoms with Gasteiger partial charge >= 0.3 is 0 Å². The molecule has 3 aromatic rings. The van der Waals surface area contributed by atoms with E-state index in [2.05, 4.69) is 15.2 Å². The number of ether oxygens (including phenoxy) is 1. The van der Waals surface area contributed by atoms with Crippen molar-refractivity contribution in [1.82, 2.24) is 15.2 Å². The van der Waals surface area contributed by atoms with Crippen molar-refractivity contribution in [3.05, 3.63) is 53.7 Å². The molecule has 140 valence electrons. The van der Waals surface area contributed by atoms with E-state index in [0.29, 0.717) is 16.7 Å². The smallest absolute Gasteiger partial charge is 0.256 e. The summed E-state index contributed by atoms with van der Waals surface area (Å²) in [6, 6.07) is 14.9. The molecule has 1 aromatic heterocycles. The second-order valence-electron chi connectivity index (χ2n) is 6.17. The van der Waals surface area contributed by atoms with Crippen LogP contribution in [-0.2, 0) is 4.57 Å². The van der Waals surface area contributed by atoms with E-state index in [0.717, 1.165) is 5.69 Å². The van der Waals surface area contributed by atoms with E-state index in [1.807, 2.05) is 36.4 Å². The van der Waals surface area contributed by atoms with Crippen molar-refractivity contribution in [3.63, 3.8) is 0 Å². The molecule has 0 unspecified atom stereocenters. The minimum absolute atomic E-state index is 0.0342. The first kappa shape index (κ1) is 19.1. The third-order valence-electron chi connectivity index (χ3n) is 3.90. The van der Waals surface area contributed by atoms with Gasteiger partial charge in [-0.1, -0.05) is 29.8 Å². The Kier molecular flexibility index (Phi) is 5.35. The summed E-state index contributed by atoms with van der Waals surface area (Å²) in [4.78, 5) is 6.01. The van der Waals surface area contributed by atoms with Gasteiger partial charge in [0.05, 0.1) is 12.8 Å². The lowest BCUT2D eigenvalue weighted by Gasteiger charge is -2.25. The number of nitrogens with zero attached hydrogens (tertiary/aromatic N) is 4. The molecule has 1 heterocycles. The molecule has 9 heteroatoms. The number of para-hydroxylation sites is 1. The Morgan fingerprint density at radius 3 is 2.41 bits per heavy atom. The van der Waals surface area contributed by atoms with Gasteiger partial charge in [0, 0.05) is 11.0 Å². The Labute approximate surface area is 162 Å². The highest BCUT2D eigenvalue weighted by atomic mass is 35.5. The predicted molar refractivity (Wildman–Crippen MR) is 110 cm³/mol. The number of benzene rings is 2. The zero-order valence-electron chi connectivity index (χ0n) is 15.1. The first-order valence-corrected chi connectivity index (χ1v) is 11.0. The highest BCUT2D eigenvalue weighted by molar-refractivity contribution is 7.70. The Morgan fingerprint density at radius 1 is 1.11 bits per heavy atom. The molecule has 3 rings (SSSR count). The minimum Gasteiger partial charge on any atom is -0.495 e. The van der Waals surface area contributed by atoms with Crippen molar-refractivity contribution in [2.75, 3.05) is 31.1 Å². The molecule has 2 N–H and O–H groups in total. The molecular formula is C18H19ClN5O2P. The van der Waals surface area contributed by atoms with Gasteiger partial charge in [0.1, 0.15) is 12.9 Å². The van der Waals surface area contributed by atoms with Crippen molar-refractivity contribution in [2.45, 2.75) is 0 Å². The SMILES string of the molecule is COc1cc(P(C)(C)=O)ccc1N(c1ccccc1)c1nnc(Cl)c(N)n1. The van der Waals surface area contributed by atoms with Crippen LogP contribution in [0.15, 0.2) is 48.5 Å². The number of aromatic nitrogens is 3. The standard InChI is InChI=1S/C18H19ClN5O2P/c1-26-15-11-13(27(2,3)25)9-10-14(15)24(12-7-5-4-6-8-12)18-21-17(20)16(19)22-23-18/h4-11H,1-3H3,(H2,20,21,23). The van der Waals surface area contributed by atoms with Crippen molar-refractivity contribution >= 4 is 47.2 Å². The number of halogens is 1. The molecule has 0 amide bonds. The highest BCUT2D eigenvalue weighted by Gasteiger charge is 2.22. The first-order chi connectivity index (χ1) is 12.8. The van der Waals surface area contributed by atoms with Crippen LogP contribution in [0.3, 0.4) is 0 Å². The summed E-state index contributed by atoms with van der Waals surface area (Å²) in [7, 11) is -0.893. The van der Waals surface area contributed by atoms with Crippen LogP contribution in [0.4, 0.5) is 23.1 Å². The van der Waals surface area contributed by atoms with Gasteiger partial charge < -0.3 is 15.0 Å². The van der Waals surface area contributed by atoms with E-state index in [-0.39, 0.29) is 16.9 Å². The lowest BCUT2D eigenvalue weighted by molar-refractivity contribution is 0.416. The van der Waals surface area contributed by atoms with Crippen LogP contribution in [0.5, 0.6) is 5.75 Å². The summed E-state index contributed by atoms with van der Waals surface area (Å²) in [6.45, 7) is 3.42. The molecule has 0 radical (unpaired) electrons. The lowest BCUT2D eigenvalue weighted by atomic mass is 10.2. The van der Waals surface area contributed by atoms with E-state index in [1.54, 1.807) is 37.5 Å². The molecule has 2 aromatic carbocycles. The van der Waals surface area contributed by atoms with Crippen LogP contribution in [0.2, 0.25) is 5.15 Å². The van der Waals surface area contributed by atoms with Gasteiger partial charge in [-0.2, -0.15) is 4.98 Å². The summed E-state index contributed by atoms with van der Waals surface area (Å²) >= 11 is 5.87. The third kappa shape index (κ3) is 4.04. The molecule has 0 aliphatic carbocycles. The lowest BCUT2D eigenvalue weighted by Crippen LogP contribution is -2.17. The van der Waals surface area contributed by atoms with E-state index in [4.69, 9.17) is 22.1 Å². The number of nitrogens with two attached hydrogens (primary N) is 1. The van der Waals surface area contributed by atoms with Gasteiger partial charge in [0.25, 0.3) is 5.95 Å². The van der Waals surface area contributed by atoms with Crippen LogP contribution in [-0.4, -0.2) is 35.6 Å². The maximum absolute atomic E-state index is 12.5. The van der Waals surface area contributed by atoms with Gasteiger partial charge in [-0.05, 0) is 43.7 Å². The monoisotopic (exact) mass is 403 g/mol. The number of hydrogen-bond donors (Lipinski definition) is 1. The molecule has 0 bridgehead atoms. The summed E-state index contributed by atoms with van der Waals surface area (Å²) in [5.74, 6) is 0.840. The Bertz CT molecular complexity index is 1010. The molecule has 0 aliphatic rings. The number of hydrogen-bond acceptors (Lipinski definition) is 7.